The maximum atomic E-state index is 12.6. The monoisotopic (exact) mass is 418 g/mol. The average Bonchev–Trinajstić information content (AvgIpc) is 3.27. The summed E-state index contributed by atoms with van der Waals surface area (Å²) < 4.78 is 5.42. The van der Waals surface area contributed by atoms with Gasteiger partial charge in [-0.2, -0.15) is 4.98 Å². The predicted octanol–water partition coefficient (Wildman–Crippen LogP) is 4.39. The Morgan fingerprint density at radius 1 is 1.10 bits per heavy atom. The second kappa shape index (κ2) is 9.88. The number of hydrogen-bond donors (Lipinski definition) is 1. The van der Waals surface area contributed by atoms with Gasteiger partial charge in [0.1, 0.15) is 0 Å². The van der Waals surface area contributed by atoms with E-state index in [2.05, 4.69) is 58.5 Å². The van der Waals surface area contributed by atoms with Gasteiger partial charge in [-0.1, -0.05) is 73.6 Å². The Kier molecular flexibility index (Phi) is 6.77. The van der Waals surface area contributed by atoms with Crippen molar-refractivity contribution in [3.05, 3.63) is 71.6 Å². The van der Waals surface area contributed by atoms with Crippen LogP contribution < -0.4 is 5.32 Å². The first-order chi connectivity index (χ1) is 15.1. The summed E-state index contributed by atoms with van der Waals surface area (Å²) in [4.78, 5) is 19.4. The highest BCUT2D eigenvalue weighted by atomic mass is 16.5. The van der Waals surface area contributed by atoms with Crippen molar-refractivity contribution in [2.75, 3.05) is 13.1 Å². The normalized spacial score (nSPS) is 15.3. The average molecular weight is 419 g/mol. The summed E-state index contributed by atoms with van der Waals surface area (Å²) in [7, 11) is 0. The van der Waals surface area contributed by atoms with E-state index >= 15 is 0 Å². The first-order valence-electron chi connectivity index (χ1n) is 11.1. The van der Waals surface area contributed by atoms with Crippen LogP contribution in [-0.4, -0.2) is 34.0 Å². The molecule has 1 aliphatic heterocycles. The molecular formula is C25H30N4O2. The Bertz CT molecular complexity index is 974. The van der Waals surface area contributed by atoms with Crippen LogP contribution in [0.15, 0.2) is 59.1 Å². The van der Waals surface area contributed by atoms with Crippen molar-refractivity contribution in [1.29, 1.82) is 0 Å². The van der Waals surface area contributed by atoms with Crippen LogP contribution in [0.2, 0.25) is 0 Å². The fraction of sp³-hybridized carbons (Fsp3) is 0.400. The van der Waals surface area contributed by atoms with Gasteiger partial charge in [-0.25, -0.2) is 0 Å². The van der Waals surface area contributed by atoms with Crippen molar-refractivity contribution in [2.24, 2.45) is 5.92 Å². The minimum Gasteiger partial charge on any atom is -0.352 e. The van der Waals surface area contributed by atoms with E-state index in [1.807, 2.05) is 30.3 Å². The Labute approximate surface area is 183 Å². The van der Waals surface area contributed by atoms with Crippen LogP contribution in [0.25, 0.3) is 11.4 Å². The van der Waals surface area contributed by atoms with E-state index in [1.165, 1.54) is 5.56 Å². The lowest BCUT2D eigenvalue weighted by atomic mass is 9.95. The summed E-state index contributed by atoms with van der Waals surface area (Å²) >= 11 is 0. The lowest BCUT2D eigenvalue weighted by Crippen LogP contribution is -2.40. The van der Waals surface area contributed by atoms with E-state index in [9.17, 15) is 4.79 Å². The van der Waals surface area contributed by atoms with Gasteiger partial charge in [0.2, 0.25) is 17.6 Å². The summed E-state index contributed by atoms with van der Waals surface area (Å²) in [6.45, 7) is 7.28. The van der Waals surface area contributed by atoms with Crippen LogP contribution in [0.5, 0.6) is 0 Å². The highest BCUT2D eigenvalue weighted by molar-refractivity contribution is 5.78. The molecule has 2 aromatic carbocycles. The van der Waals surface area contributed by atoms with Crippen molar-refractivity contribution in [3.63, 3.8) is 0 Å². The number of nitrogens with one attached hydrogen (secondary N) is 1. The SMILES string of the molecule is CC(C)c1ccc(CNC(=O)C2CCN(Cc3nc(-c4ccccc4)no3)CC2)cc1. The molecule has 3 aromatic rings. The van der Waals surface area contributed by atoms with E-state index in [1.54, 1.807) is 0 Å². The first kappa shape index (κ1) is 21.2. The summed E-state index contributed by atoms with van der Waals surface area (Å²) in [6.07, 6.45) is 1.69. The van der Waals surface area contributed by atoms with E-state index in [4.69, 9.17) is 4.52 Å². The van der Waals surface area contributed by atoms with Gasteiger partial charge in [0, 0.05) is 18.0 Å². The predicted molar refractivity (Wildman–Crippen MR) is 120 cm³/mol. The zero-order valence-corrected chi connectivity index (χ0v) is 18.3. The molecule has 31 heavy (non-hydrogen) atoms. The molecule has 1 aliphatic rings. The Balaban J connectivity index is 1.22. The molecule has 2 heterocycles. The molecule has 1 aromatic heterocycles. The summed E-state index contributed by atoms with van der Waals surface area (Å²) in [6, 6.07) is 18.3. The van der Waals surface area contributed by atoms with Crippen molar-refractivity contribution in [1.82, 2.24) is 20.4 Å². The number of hydrogen-bond acceptors (Lipinski definition) is 5. The minimum atomic E-state index is 0.0637. The van der Waals surface area contributed by atoms with Gasteiger partial charge in [0.15, 0.2) is 0 Å². The molecule has 0 aliphatic carbocycles. The third kappa shape index (κ3) is 5.58. The van der Waals surface area contributed by atoms with Gasteiger partial charge in [-0.3, -0.25) is 9.69 Å². The van der Waals surface area contributed by atoms with Crippen LogP contribution in [0.3, 0.4) is 0 Å². The molecule has 0 bridgehead atoms. The number of carbonyl (C=O) groups excluding carboxylic acids is 1. The summed E-state index contributed by atoms with van der Waals surface area (Å²) in [5, 5.41) is 7.19. The van der Waals surface area contributed by atoms with Crippen LogP contribution >= 0.6 is 0 Å². The molecule has 6 nitrogen and oxygen atoms in total. The molecule has 0 spiro atoms. The third-order valence-electron chi connectivity index (χ3n) is 5.93. The van der Waals surface area contributed by atoms with Gasteiger partial charge >= 0.3 is 0 Å². The number of piperidine rings is 1. The zero-order chi connectivity index (χ0) is 21.6. The molecule has 0 atom stereocenters. The lowest BCUT2D eigenvalue weighted by Gasteiger charge is -2.30. The zero-order valence-electron chi connectivity index (χ0n) is 18.3. The van der Waals surface area contributed by atoms with Gasteiger partial charge in [0.25, 0.3) is 0 Å². The second-order valence-corrected chi connectivity index (χ2v) is 8.54. The maximum Gasteiger partial charge on any atom is 0.241 e. The number of nitrogens with zero attached hydrogens (tertiary/aromatic N) is 3. The fourth-order valence-electron chi connectivity index (χ4n) is 3.92. The van der Waals surface area contributed by atoms with Gasteiger partial charge in [0.05, 0.1) is 6.54 Å². The summed E-state index contributed by atoms with van der Waals surface area (Å²) in [5.41, 5.74) is 3.41. The molecular weight excluding hydrogens is 388 g/mol. The van der Waals surface area contributed by atoms with Crippen LogP contribution in [0, 0.1) is 5.92 Å². The number of amides is 1. The van der Waals surface area contributed by atoms with Gasteiger partial charge in [-0.05, 0) is 43.0 Å². The van der Waals surface area contributed by atoms with E-state index in [0.29, 0.717) is 30.7 Å². The smallest absolute Gasteiger partial charge is 0.241 e. The number of benzene rings is 2. The van der Waals surface area contributed by atoms with Crippen molar-refractivity contribution in [2.45, 2.75) is 45.7 Å². The molecule has 1 N–H and O–H groups in total. The Hall–Kier alpha value is -2.99. The first-order valence-corrected chi connectivity index (χ1v) is 11.1. The number of rotatable bonds is 7. The molecule has 1 amide bonds. The molecule has 6 heteroatoms. The van der Waals surface area contributed by atoms with Gasteiger partial charge < -0.3 is 9.84 Å². The number of carbonyl (C=O) groups is 1. The quantitative estimate of drug-likeness (QED) is 0.616. The minimum absolute atomic E-state index is 0.0637. The van der Waals surface area contributed by atoms with E-state index < -0.39 is 0 Å². The lowest BCUT2D eigenvalue weighted by molar-refractivity contribution is -0.126. The topological polar surface area (TPSA) is 71.3 Å². The Morgan fingerprint density at radius 2 is 1.81 bits per heavy atom. The highest BCUT2D eigenvalue weighted by Crippen LogP contribution is 2.21. The van der Waals surface area contributed by atoms with Crippen LogP contribution in [0.1, 0.15) is 49.6 Å². The summed E-state index contributed by atoms with van der Waals surface area (Å²) in [5.74, 6) is 1.97. The third-order valence-corrected chi connectivity index (χ3v) is 5.93. The van der Waals surface area contributed by atoms with Crippen molar-refractivity contribution in [3.8, 4) is 11.4 Å². The largest absolute Gasteiger partial charge is 0.352 e. The Morgan fingerprint density at radius 3 is 2.48 bits per heavy atom. The van der Waals surface area contributed by atoms with Crippen molar-refractivity contribution < 1.29 is 9.32 Å². The molecule has 1 fully saturated rings. The fourth-order valence-corrected chi connectivity index (χ4v) is 3.92. The molecule has 0 saturated carbocycles. The van der Waals surface area contributed by atoms with E-state index in [-0.39, 0.29) is 11.8 Å². The molecule has 0 unspecified atom stereocenters. The van der Waals surface area contributed by atoms with Crippen LogP contribution in [-0.2, 0) is 17.9 Å². The molecule has 4 rings (SSSR count). The molecule has 162 valence electrons. The standard InChI is InChI=1S/C25H30N4O2/c1-18(2)20-10-8-19(9-11-20)16-26-25(30)22-12-14-29(15-13-22)17-23-27-24(28-31-23)21-6-4-3-5-7-21/h3-11,18,22H,12-17H2,1-2H3,(H,26,30). The van der Waals surface area contributed by atoms with E-state index in [0.717, 1.165) is 37.1 Å². The number of likely N-dealkylation sites (tertiary alicyclic amines) is 1. The van der Waals surface area contributed by atoms with Crippen LogP contribution in [0.4, 0.5) is 0 Å². The van der Waals surface area contributed by atoms with Gasteiger partial charge in [-0.15, -0.1) is 0 Å². The van der Waals surface area contributed by atoms with Crippen molar-refractivity contribution >= 4 is 5.91 Å². The molecule has 0 radical (unpaired) electrons. The number of aromatic nitrogens is 2. The maximum absolute atomic E-state index is 12.6. The molecule has 1 saturated heterocycles. The highest BCUT2D eigenvalue weighted by Gasteiger charge is 2.25. The second-order valence-electron chi connectivity index (χ2n) is 8.54.